The Kier molecular flexibility index (Phi) is 3.73. The number of hydrogen-bond donors (Lipinski definition) is 1. The molecule has 2 heterocycles. The third kappa shape index (κ3) is 2.62. The van der Waals surface area contributed by atoms with Gasteiger partial charge in [0.15, 0.2) is 5.82 Å². The summed E-state index contributed by atoms with van der Waals surface area (Å²) in [5.41, 5.74) is 0.687. The van der Waals surface area contributed by atoms with Crippen LogP contribution in [-0.4, -0.2) is 41.5 Å². The topological polar surface area (TPSA) is 76.5 Å². The number of cyclic esters (lactones) is 1. The number of carbonyl (C=O) groups excluding carboxylic acids is 2. The van der Waals surface area contributed by atoms with Gasteiger partial charge in [-0.3, -0.25) is 9.69 Å². The van der Waals surface area contributed by atoms with E-state index in [2.05, 4.69) is 10.4 Å². The first-order chi connectivity index (χ1) is 10.7. The SMILES string of the molecule is O=CNCC1CN(c2ccc(-n3cccn3)c(F)c2)C(=O)O1. The molecule has 2 amide bonds. The molecule has 0 aliphatic carbocycles. The lowest BCUT2D eigenvalue weighted by Crippen LogP contribution is -2.30. The van der Waals surface area contributed by atoms with Gasteiger partial charge in [0.1, 0.15) is 11.8 Å². The number of anilines is 1. The smallest absolute Gasteiger partial charge is 0.414 e. The van der Waals surface area contributed by atoms with Crippen LogP contribution in [0.2, 0.25) is 0 Å². The van der Waals surface area contributed by atoms with Gasteiger partial charge < -0.3 is 10.1 Å². The van der Waals surface area contributed by atoms with Gasteiger partial charge >= 0.3 is 6.09 Å². The predicted molar refractivity (Wildman–Crippen MR) is 75.2 cm³/mol. The molecule has 2 aromatic rings. The van der Waals surface area contributed by atoms with Crippen LogP contribution in [0, 0.1) is 5.82 Å². The molecule has 0 spiro atoms. The van der Waals surface area contributed by atoms with E-state index in [1.807, 2.05) is 0 Å². The minimum absolute atomic E-state index is 0.222. The number of rotatable bonds is 5. The first-order valence-corrected chi connectivity index (χ1v) is 6.64. The van der Waals surface area contributed by atoms with Crippen molar-refractivity contribution in [3.05, 3.63) is 42.5 Å². The average Bonchev–Trinajstić information content (AvgIpc) is 3.14. The van der Waals surface area contributed by atoms with Crippen molar-refractivity contribution in [3.8, 4) is 5.69 Å². The Morgan fingerprint density at radius 2 is 2.36 bits per heavy atom. The number of amides is 2. The van der Waals surface area contributed by atoms with E-state index in [1.165, 1.54) is 15.6 Å². The van der Waals surface area contributed by atoms with Crippen molar-refractivity contribution >= 4 is 18.2 Å². The van der Waals surface area contributed by atoms with Gasteiger partial charge in [-0.1, -0.05) is 0 Å². The van der Waals surface area contributed by atoms with E-state index >= 15 is 0 Å². The first-order valence-electron chi connectivity index (χ1n) is 6.64. The molecule has 0 saturated carbocycles. The summed E-state index contributed by atoms with van der Waals surface area (Å²) in [5, 5.41) is 6.42. The maximum Gasteiger partial charge on any atom is 0.414 e. The lowest BCUT2D eigenvalue weighted by molar-refractivity contribution is -0.109. The van der Waals surface area contributed by atoms with E-state index in [4.69, 9.17) is 4.74 Å². The van der Waals surface area contributed by atoms with Gasteiger partial charge in [-0.15, -0.1) is 0 Å². The zero-order valence-electron chi connectivity index (χ0n) is 11.5. The highest BCUT2D eigenvalue weighted by Gasteiger charge is 2.32. The summed E-state index contributed by atoms with van der Waals surface area (Å²) in [6.45, 7) is 0.472. The van der Waals surface area contributed by atoms with E-state index in [1.54, 1.807) is 30.6 Å². The lowest BCUT2D eigenvalue weighted by atomic mass is 10.2. The van der Waals surface area contributed by atoms with Gasteiger partial charge in [-0.25, -0.2) is 13.9 Å². The van der Waals surface area contributed by atoms with Crippen molar-refractivity contribution in [2.75, 3.05) is 18.0 Å². The maximum absolute atomic E-state index is 14.2. The Balaban J connectivity index is 1.79. The Labute approximate surface area is 125 Å². The van der Waals surface area contributed by atoms with Crippen LogP contribution in [0.3, 0.4) is 0 Å². The van der Waals surface area contributed by atoms with Crippen molar-refractivity contribution in [1.29, 1.82) is 0 Å². The van der Waals surface area contributed by atoms with Crippen molar-refractivity contribution in [2.24, 2.45) is 0 Å². The second-order valence-corrected chi connectivity index (χ2v) is 4.73. The minimum Gasteiger partial charge on any atom is -0.442 e. The Hall–Kier alpha value is -2.90. The van der Waals surface area contributed by atoms with Crippen molar-refractivity contribution in [3.63, 3.8) is 0 Å². The molecule has 1 aromatic heterocycles. The fourth-order valence-corrected chi connectivity index (χ4v) is 2.28. The normalized spacial score (nSPS) is 17.4. The number of carbonyl (C=O) groups is 2. The van der Waals surface area contributed by atoms with E-state index in [0.717, 1.165) is 0 Å². The molecule has 22 heavy (non-hydrogen) atoms. The summed E-state index contributed by atoms with van der Waals surface area (Å²) >= 11 is 0. The molecule has 1 fully saturated rings. The second kappa shape index (κ2) is 5.84. The molecule has 1 atom stereocenters. The van der Waals surface area contributed by atoms with Crippen LogP contribution in [-0.2, 0) is 9.53 Å². The number of benzene rings is 1. The number of nitrogens with zero attached hydrogens (tertiary/aromatic N) is 3. The molecule has 1 N–H and O–H groups in total. The quantitative estimate of drug-likeness (QED) is 0.839. The van der Waals surface area contributed by atoms with E-state index < -0.39 is 18.0 Å². The molecule has 8 heteroatoms. The van der Waals surface area contributed by atoms with Gasteiger partial charge in [-0.2, -0.15) is 5.10 Å². The highest BCUT2D eigenvalue weighted by atomic mass is 19.1. The van der Waals surface area contributed by atoms with E-state index in [9.17, 15) is 14.0 Å². The van der Waals surface area contributed by atoms with E-state index in [0.29, 0.717) is 17.8 Å². The van der Waals surface area contributed by atoms with Crippen LogP contribution in [0.15, 0.2) is 36.7 Å². The summed E-state index contributed by atoms with van der Waals surface area (Å²) in [4.78, 5) is 23.4. The number of aromatic nitrogens is 2. The molecule has 1 aromatic carbocycles. The molecule has 114 valence electrons. The van der Waals surface area contributed by atoms with Gasteiger partial charge in [0.25, 0.3) is 0 Å². The molecule has 0 bridgehead atoms. The molecular formula is C14H13FN4O3. The number of halogens is 1. The van der Waals surface area contributed by atoms with Crippen LogP contribution >= 0.6 is 0 Å². The highest BCUT2D eigenvalue weighted by Crippen LogP contribution is 2.25. The number of hydrogen-bond acceptors (Lipinski definition) is 4. The van der Waals surface area contributed by atoms with E-state index in [-0.39, 0.29) is 13.1 Å². The van der Waals surface area contributed by atoms with Crippen molar-refractivity contribution in [1.82, 2.24) is 15.1 Å². The first kappa shape index (κ1) is 14.1. The summed E-state index contributed by atoms with van der Waals surface area (Å²) in [7, 11) is 0. The molecule has 1 unspecified atom stereocenters. The molecule has 1 saturated heterocycles. The Morgan fingerprint density at radius 3 is 3.05 bits per heavy atom. The highest BCUT2D eigenvalue weighted by molar-refractivity contribution is 5.89. The van der Waals surface area contributed by atoms with Crippen LogP contribution < -0.4 is 10.2 Å². The van der Waals surface area contributed by atoms with Gasteiger partial charge in [0.2, 0.25) is 6.41 Å². The van der Waals surface area contributed by atoms with Gasteiger partial charge in [0.05, 0.1) is 18.8 Å². The molecule has 3 rings (SSSR count). The number of nitrogens with one attached hydrogen (secondary N) is 1. The van der Waals surface area contributed by atoms with Crippen LogP contribution in [0.25, 0.3) is 5.69 Å². The van der Waals surface area contributed by atoms with Crippen LogP contribution in [0.4, 0.5) is 14.9 Å². The number of ether oxygens (including phenoxy) is 1. The van der Waals surface area contributed by atoms with Gasteiger partial charge in [-0.05, 0) is 24.3 Å². The standard InChI is InChI=1S/C14H13FN4O3/c15-12-6-10(2-3-13(12)19-5-1-4-17-19)18-8-11(7-16-9-20)22-14(18)21/h1-6,9,11H,7-8H2,(H,16,20). The van der Waals surface area contributed by atoms with Crippen molar-refractivity contribution in [2.45, 2.75) is 6.10 Å². The molecule has 7 nitrogen and oxygen atoms in total. The van der Waals surface area contributed by atoms with Crippen LogP contribution in [0.5, 0.6) is 0 Å². The lowest BCUT2D eigenvalue weighted by Gasteiger charge is -2.14. The molecule has 0 radical (unpaired) electrons. The fourth-order valence-electron chi connectivity index (χ4n) is 2.28. The third-order valence-electron chi connectivity index (χ3n) is 3.30. The maximum atomic E-state index is 14.2. The zero-order chi connectivity index (χ0) is 15.5. The summed E-state index contributed by atoms with van der Waals surface area (Å²) in [5.74, 6) is -0.497. The third-order valence-corrected chi connectivity index (χ3v) is 3.30. The second-order valence-electron chi connectivity index (χ2n) is 4.73. The summed E-state index contributed by atoms with van der Waals surface area (Å²) in [6, 6.07) is 6.11. The summed E-state index contributed by atoms with van der Waals surface area (Å²) < 4.78 is 20.7. The van der Waals surface area contributed by atoms with Crippen molar-refractivity contribution < 1.29 is 18.7 Å². The monoisotopic (exact) mass is 304 g/mol. The molecular weight excluding hydrogens is 291 g/mol. The van der Waals surface area contributed by atoms with Gasteiger partial charge in [0, 0.05) is 12.4 Å². The largest absolute Gasteiger partial charge is 0.442 e. The fraction of sp³-hybridized carbons (Fsp3) is 0.214. The average molecular weight is 304 g/mol. The Morgan fingerprint density at radius 1 is 1.50 bits per heavy atom. The minimum atomic E-state index is -0.566. The van der Waals surface area contributed by atoms with Crippen LogP contribution in [0.1, 0.15) is 0 Å². The molecule has 1 aliphatic heterocycles. The Bertz CT molecular complexity index is 689. The summed E-state index contributed by atoms with van der Waals surface area (Å²) in [6.07, 6.45) is 2.70. The molecule has 1 aliphatic rings. The zero-order valence-corrected chi connectivity index (χ0v) is 11.5. The predicted octanol–water partition coefficient (Wildman–Crippen LogP) is 1.08.